The van der Waals surface area contributed by atoms with Crippen molar-refractivity contribution in [2.24, 2.45) is 9.98 Å². The van der Waals surface area contributed by atoms with Crippen molar-refractivity contribution in [3.8, 4) is 45.3 Å². The van der Waals surface area contributed by atoms with Crippen molar-refractivity contribution in [1.29, 1.82) is 0 Å². The minimum atomic E-state index is 0.584. The van der Waals surface area contributed by atoms with Crippen LogP contribution in [0.4, 0.5) is 0 Å². The van der Waals surface area contributed by atoms with Gasteiger partial charge in [-0.05, 0) is 17.2 Å². The first-order chi connectivity index (χ1) is 18.2. The van der Waals surface area contributed by atoms with E-state index in [4.69, 9.17) is 15.0 Å². The molecular formula is C32H25N5. The molecule has 37 heavy (non-hydrogen) atoms. The highest BCUT2D eigenvalue weighted by Gasteiger charge is 2.13. The summed E-state index contributed by atoms with van der Waals surface area (Å²) in [5, 5.41) is 0. The Morgan fingerprint density at radius 3 is 1.68 bits per heavy atom. The molecule has 0 spiro atoms. The molecule has 1 heterocycles. The van der Waals surface area contributed by atoms with Crippen LogP contribution in [0.5, 0.6) is 0 Å². The predicted octanol–water partition coefficient (Wildman–Crippen LogP) is 7.17. The summed E-state index contributed by atoms with van der Waals surface area (Å²) in [7, 11) is 1.72. The van der Waals surface area contributed by atoms with E-state index in [-0.39, 0.29) is 0 Å². The number of allylic oxidation sites excluding steroid dienone is 1. The number of aromatic nitrogens is 3. The molecule has 0 saturated heterocycles. The number of rotatable bonds is 6. The van der Waals surface area contributed by atoms with Crippen LogP contribution in [0.1, 0.15) is 5.56 Å². The van der Waals surface area contributed by atoms with Gasteiger partial charge in [-0.15, -0.1) is 0 Å². The maximum atomic E-state index is 4.87. The number of aliphatic imine (C=N–C) groups is 2. The van der Waals surface area contributed by atoms with E-state index >= 15 is 0 Å². The SMILES string of the molecule is C=C/C=N\C(=N/C)c1cccc(-c2nc(-c3ccccc3)nc(-c3ccc(-c4ccccc4)cc3)n2)c1. The monoisotopic (exact) mass is 479 g/mol. The molecule has 0 aliphatic rings. The molecule has 4 aromatic carbocycles. The third kappa shape index (κ3) is 5.46. The largest absolute Gasteiger partial charge is 0.270 e. The zero-order valence-corrected chi connectivity index (χ0v) is 20.5. The molecule has 0 atom stereocenters. The molecule has 0 radical (unpaired) electrons. The molecule has 0 aliphatic heterocycles. The molecule has 0 aliphatic carbocycles. The Balaban J connectivity index is 1.60. The Hall–Kier alpha value is -5.03. The smallest absolute Gasteiger partial charge is 0.164 e. The van der Waals surface area contributed by atoms with Gasteiger partial charge in [0.05, 0.1) is 0 Å². The average Bonchev–Trinajstić information content (AvgIpc) is 2.98. The summed E-state index contributed by atoms with van der Waals surface area (Å²) in [6.45, 7) is 3.69. The zero-order chi connectivity index (χ0) is 25.5. The van der Waals surface area contributed by atoms with Crippen LogP contribution in [0.25, 0.3) is 45.3 Å². The van der Waals surface area contributed by atoms with Gasteiger partial charge in [-0.2, -0.15) is 0 Å². The summed E-state index contributed by atoms with van der Waals surface area (Å²) < 4.78 is 0. The van der Waals surface area contributed by atoms with Crippen molar-refractivity contribution in [3.63, 3.8) is 0 Å². The van der Waals surface area contributed by atoms with Crippen LogP contribution in [0.2, 0.25) is 0 Å². The normalized spacial score (nSPS) is 11.5. The molecule has 0 fully saturated rings. The summed E-state index contributed by atoms with van der Waals surface area (Å²) in [6, 6.07) is 36.5. The quantitative estimate of drug-likeness (QED) is 0.191. The van der Waals surface area contributed by atoms with E-state index in [1.54, 1.807) is 19.3 Å². The van der Waals surface area contributed by atoms with E-state index in [1.165, 1.54) is 5.56 Å². The number of benzene rings is 4. The van der Waals surface area contributed by atoms with Gasteiger partial charge in [-0.1, -0.05) is 116 Å². The second kappa shape index (κ2) is 11.1. The summed E-state index contributed by atoms with van der Waals surface area (Å²) in [4.78, 5) is 23.2. The van der Waals surface area contributed by atoms with Crippen molar-refractivity contribution in [2.45, 2.75) is 0 Å². The highest BCUT2D eigenvalue weighted by Crippen LogP contribution is 2.27. The van der Waals surface area contributed by atoms with Gasteiger partial charge in [0.1, 0.15) is 0 Å². The lowest BCUT2D eigenvalue weighted by Gasteiger charge is -2.10. The first kappa shape index (κ1) is 23.7. The van der Waals surface area contributed by atoms with Gasteiger partial charge in [-0.3, -0.25) is 4.99 Å². The van der Waals surface area contributed by atoms with Crippen molar-refractivity contribution in [1.82, 2.24) is 15.0 Å². The van der Waals surface area contributed by atoms with E-state index in [2.05, 4.69) is 53.0 Å². The summed E-state index contributed by atoms with van der Waals surface area (Å²) in [5.74, 6) is 2.42. The van der Waals surface area contributed by atoms with Crippen LogP contribution in [0, 0.1) is 0 Å². The van der Waals surface area contributed by atoms with Crippen LogP contribution in [-0.4, -0.2) is 34.0 Å². The third-order valence-corrected chi connectivity index (χ3v) is 5.81. The van der Waals surface area contributed by atoms with Gasteiger partial charge in [0, 0.05) is 35.5 Å². The minimum Gasteiger partial charge on any atom is -0.270 e. The van der Waals surface area contributed by atoms with Gasteiger partial charge in [0.2, 0.25) is 0 Å². The molecule has 5 heteroatoms. The number of hydrogen-bond donors (Lipinski definition) is 0. The highest BCUT2D eigenvalue weighted by molar-refractivity contribution is 6.04. The lowest BCUT2D eigenvalue weighted by atomic mass is 10.0. The fourth-order valence-corrected chi connectivity index (χ4v) is 3.97. The van der Waals surface area contributed by atoms with Gasteiger partial charge < -0.3 is 0 Å². The summed E-state index contributed by atoms with van der Waals surface area (Å²) >= 11 is 0. The molecule has 0 N–H and O–H groups in total. The predicted molar refractivity (Wildman–Crippen MR) is 153 cm³/mol. The molecule has 0 saturated carbocycles. The maximum Gasteiger partial charge on any atom is 0.164 e. The second-order valence-electron chi connectivity index (χ2n) is 8.26. The Bertz CT molecular complexity index is 1570. The lowest BCUT2D eigenvalue weighted by molar-refractivity contribution is 1.07. The molecule has 0 unspecified atom stereocenters. The molecule has 178 valence electrons. The van der Waals surface area contributed by atoms with E-state index in [0.29, 0.717) is 23.3 Å². The molecule has 5 aromatic rings. The molecule has 5 rings (SSSR count). The Morgan fingerprint density at radius 1 is 0.595 bits per heavy atom. The van der Waals surface area contributed by atoms with Crippen molar-refractivity contribution in [2.75, 3.05) is 7.05 Å². The van der Waals surface area contributed by atoms with E-state index in [0.717, 1.165) is 27.8 Å². The van der Waals surface area contributed by atoms with Gasteiger partial charge in [-0.25, -0.2) is 19.9 Å². The summed E-state index contributed by atoms with van der Waals surface area (Å²) in [5.41, 5.74) is 5.88. The Kier molecular flexibility index (Phi) is 7.14. The topological polar surface area (TPSA) is 63.4 Å². The average molecular weight is 480 g/mol. The fourth-order valence-electron chi connectivity index (χ4n) is 3.97. The number of nitrogens with zero attached hydrogens (tertiary/aromatic N) is 5. The molecule has 1 aromatic heterocycles. The molecule has 0 bridgehead atoms. The Labute approximate surface area is 216 Å². The van der Waals surface area contributed by atoms with Crippen LogP contribution in [0.3, 0.4) is 0 Å². The lowest BCUT2D eigenvalue weighted by Crippen LogP contribution is -2.02. The first-order valence-corrected chi connectivity index (χ1v) is 11.9. The van der Waals surface area contributed by atoms with Gasteiger partial charge >= 0.3 is 0 Å². The third-order valence-electron chi connectivity index (χ3n) is 5.81. The van der Waals surface area contributed by atoms with Crippen molar-refractivity contribution in [3.05, 3.63) is 127 Å². The fraction of sp³-hybridized carbons (Fsp3) is 0.0312. The molecule has 5 nitrogen and oxygen atoms in total. The van der Waals surface area contributed by atoms with Crippen LogP contribution < -0.4 is 0 Å². The zero-order valence-electron chi connectivity index (χ0n) is 20.5. The minimum absolute atomic E-state index is 0.584. The van der Waals surface area contributed by atoms with Crippen molar-refractivity contribution < 1.29 is 0 Å². The van der Waals surface area contributed by atoms with Gasteiger partial charge in [0.25, 0.3) is 0 Å². The second-order valence-corrected chi connectivity index (χ2v) is 8.26. The maximum absolute atomic E-state index is 4.87. The Morgan fingerprint density at radius 2 is 1.08 bits per heavy atom. The van der Waals surface area contributed by atoms with Gasteiger partial charge in [0.15, 0.2) is 23.3 Å². The first-order valence-electron chi connectivity index (χ1n) is 11.9. The number of hydrogen-bond acceptors (Lipinski definition) is 4. The van der Waals surface area contributed by atoms with E-state index in [9.17, 15) is 0 Å². The standard InChI is InChI=1S/C32H25N5/c1-3-21-34-29(33-2)27-15-10-16-28(22-27)32-36-30(25-13-8-5-9-14-25)35-31(37-32)26-19-17-24(18-20-26)23-11-6-4-7-12-23/h3-22H,1H2,2H3/b33-29-,34-21-. The van der Waals surface area contributed by atoms with E-state index in [1.807, 2.05) is 72.8 Å². The van der Waals surface area contributed by atoms with Crippen LogP contribution >= 0.6 is 0 Å². The molecular weight excluding hydrogens is 454 g/mol. The van der Waals surface area contributed by atoms with Crippen LogP contribution in [0.15, 0.2) is 132 Å². The van der Waals surface area contributed by atoms with Crippen molar-refractivity contribution >= 4 is 12.1 Å². The van der Waals surface area contributed by atoms with E-state index < -0.39 is 0 Å². The number of amidine groups is 1. The molecule has 0 amide bonds. The summed E-state index contributed by atoms with van der Waals surface area (Å²) in [6.07, 6.45) is 3.26. The highest BCUT2D eigenvalue weighted by atomic mass is 15.0. The van der Waals surface area contributed by atoms with Crippen LogP contribution in [-0.2, 0) is 0 Å².